The lowest BCUT2D eigenvalue weighted by Crippen LogP contribution is -2.57. The zero-order chi connectivity index (χ0) is 28.3. The normalized spacial score (nSPS) is 27.9. The molecule has 0 saturated heterocycles. The highest BCUT2D eigenvalue weighted by Gasteiger charge is 2.49. The number of amides is 1. The summed E-state index contributed by atoms with van der Waals surface area (Å²) in [5.41, 5.74) is 0.439. The molecular weight excluding hydrogens is 541 g/mol. The number of carbonyl (C=O) groups excluding carboxylic acids is 2. The first-order valence-electron chi connectivity index (χ1n) is 13.5. The van der Waals surface area contributed by atoms with Gasteiger partial charge in [0.25, 0.3) is 11.5 Å². The Balaban J connectivity index is 1.45. The minimum atomic E-state index is -1.97. The molecule has 40 heavy (non-hydrogen) atoms. The number of ether oxygens (including phenoxy) is 1. The smallest absolute Gasteiger partial charge is 0.343 e. The van der Waals surface area contributed by atoms with Crippen LogP contribution in [0.2, 0.25) is 0 Å². The van der Waals surface area contributed by atoms with Crippen LogP contribution in [0.1, 0.15) is 72.0 Å². The fraction of sp³-hybridized carbons (Fsp3) is 0.448. The molecular formula is C29H27ClFN3O6. The summed E-state index contributed by atoms with van der Waals surface area (Å²) in [4.78, 5) is 44.2. The first-order chi connectivity index (χ1) is 19.0. The number of carbonyl (C=O) groups is 2. The van der Waals surface area contributed by atoms with Crippen LogP contribution in [0.15, 0.2) is 16.9 Å². The topological polar surface area (TPSA) is 131 Å². The molecule has 2 aliphatic carbocycles. The van der Waals surface area contributed by atoms with Gasteiger partial charge in [-0.05, 0) is 48.9 Å². The summed E-state index contributed by atoms with van der Waals surface area (Å²) < 4.78 is 21.7. The molecule has 0 unspecified atom stereocenters. The number of fused-ring (bicyclic) bond motifs is 5. The van der Waals surface area contributed by atoms with E-state index in [1.807, 2.05) is 0 Å². The van der Waals surface area contributed by atoms with E-state index in [9.17, 15) is 24.6 Å². The number of alkyl halides is 1. The Morgan fingerprint density at radius 2 is 2.00 bits per heavy atom. The molecule has 11 heteroatoms. The van der Waals surface area contributed by atoms with E-state index in [2.05, 4.69) is 5.32 Å². The van der Waals surface area contributed by atoms with Crippen LogP contribution in [0, 0.1) is 12.7 Å². The lowest BCUT2D eigenvalue weighted by molar-refractivity contribution is -0.172. The maximum atomic E-state index is 15.0. The fourth-order valence-corrected chi connectivity index (χ4v) is 7.36. The molecule has 0 bridgehead atoms. The first kappa shape index (κ1) is 25.6. The second kappa shape index (κ2) is 8.34. The Hall–Kier alpha value is -3.34. The number of benzene rings is 1. The van der Waals surface area contributed by atoms with Gasteiger partial charge in [-0.2, -0.15) is 0 Å². The van der Waals surface area contributed by atoms with Crippen molar-refractivity contribution in [3.8, 4) is 11.4 Å². The van der Waals surface area contributed by atoms with Gasteiger partial charge in [0.1, 0.15) is 18.0 Å². The number of pyridine rings is 2. The third-order valence-corrected chi connectivity index (χ3v) is 9.53. The fourth-order valence-electron chi connectivity index (χ4n) is 6.85. The number of halogens is 2. The van der Waals surface area contributed by atoms with E-state index in [-0.39, 0.29) is 48.9 Å². The van der Waals surface area contributed by atoms with E-state index < -0.39 is 40.5 Å². The summed E-state index contributed by atoms with van der Waals surface area (Å²) in [6.07, 6.45) is 1.30. The minimum Gasteiger partial charge on any atom is -0.458 e. The average molecular weight is 568 g/mol. The van der Waals surface area contributed by atoms with E-state index in [0.717, 1.165) is 16.5 Å². The largest absolute Gasteiger partial charge is 0.458 e. The molecule has 1 aromatic carbocycles. The van der Waals surface area contributed by atoms with E-state index in [4.69, 9.17) is 21.3 Å². The lowest BCUT2D eigenvalue weighted by Gasteiger charge is -2.40. The molecule has 2 atom stereocenters. The van der Waals surface area contributed by atoms with Gasteiger partial charge in [-0.3, -0.25) is 9.59 Å². The third-order valence-electron chi connectivity index (χ3n) is 9.22. The molecule has 9 nitrogen and oxygen atoms in total. The Bertz CT molecular complexity index is 1750. The molecule has 208 valence electrons. The Morgan fingerprint density at radius 3 is 2.70 bits per heavy atom. The predicted octanol–water partition coefficient (Wildman–Crippen LogP) is 2.76. The number of aliphatic hydroxyl groups is 2. The molecule has 1 fully saturated rings. The van der Waals surface area contributed by atoms with Crippen molar-refractivity contribution in [2.45, 2.75) is 81.7 Å². The molecule has 2 aliphatic heterocycles. The van der Waals surface area contributed by atoms with Crippen LogP contribution in [-0.4, -0.2) is 42.6 Å². The summed E-state index contributed by atoms with van der Waals surface area (Å²) in [5.74, 6) is -1.73. The summed E-state index contributed by atoms with van der Waals surface area (Å²) in [7, 11) is 0. The molecule has 0 radical (unpaired) electrons. The highest BCUT2D eigenvalue weighted by molar-refractivity contribution is 6.22. The van der Waals surface area contributed by atoms with Crippen molar-refractivity contribution in [2.24, 2.45) is 0 Å². The lowest BCUT2D eigenvalue weighted by atomic mass is 9.77. The van der Waals surface area contributed by atoms with Crippen molar-refractivity contribution in [1.82, 2.24) is 14.9 Å². The van der Waals surface area contributed by atoms with Crippen molar-refractivity contribution < 1.29 is 28.9 Å². The zero-order valence-corrected chi connectivity index (χ0v) is 22.7. The van der Waals surface area contributed by atoms with Crippen molar-refractivity contribution >= 4 is 34.4 Å². The molecule has 7 rings (SSSR count). The number of aromatic nitrogens is 2. The van der Waals surface area contributed by atoms with Gasteiger partial charge in [0.2, 0.25) is 0 Å². The zero-order valence-electron chi connectivity index (χ0n) is 21.9. The van der Waals surface area contributed by atoms with Crippen molar-refractivity contribution in [3.05, 3.63) is 61.7 Å². The number of aryl methyl sites for hydroxylation is 1. The number of hydrogen-bond donors (Lipinski definition) is 3. The molecule has 0 spiro atoms. The number of rotatable bonds is 3. The molecule has 4 aliphatic rings. The summed E-state index contributed by atoms with van der Waals surface area (Å²) in [5, 5.41) is 25.4. The number of cyclic esters (lactones) is 1. The van der Waals surface area contributed by atoms with E-state index in [1.54, 1.807) is 19.9 Å². The molecule has 4 heterocycles. The van der Waals surface area contributed by atoms with E-state index >= 15 is 4.39 Å². The standard InChI is InChI=1S/C29H27ClFN3O6/c1-3-29(39)17-6-21-24-15(10-34(21)25(35)16(17)11-40-27(29)37)23-19(33-26(36)28(38)8-13(30)9-28)5-4-14-12(2)18(31)7-20(32-24)22(14)23/h6-7,13,19,38-39H,3-5,8-11H2,1-2H3,(H,33,36)/t13?,19-,28?,29-/m0/s1. The van der Waals surface area contributed by atoms with Crippen LogP contribution in [-0.2, 0) is 39.5 Å². The molecule has 3 N–H and O–H groups in total. The highest BCUT2D eigenvalue weighted by Crippen LogP contribution is 2.46. The summed E-state index contributed by atoms with van der Waals surface area (Å²) >= 11 is 6.06. The van der Waals surface area contributed by atoms with Gasteiger partial charge in [-0.1, -0.05) is 6.92 Å². The summed E-state index contributed by atoms with van der Waals surface area (Å²) in [6, 6.07) is 2.45. The van der Waals surface area contributed by atoms with Crippen LogP contribution in [0.4, 0.5) is 4.39 Å². The minimum absolute atomic E-state index is 0.0129. The number of nitrogens with one attached hydrogen (secondary N) is 1. The monoisotopic (exact) mass is 567 g/mol. The van der Waals surface area contributed by atoms with Gasteiger partial charge in [-0.25, -0.2) is 14.2 Å². The Labute approximate surface area is 232 Å². The number of nitrogens with zero attached hydrogens (tertiary/aromatic N) is 2. The van der Waals surface area contributed by atoms with Crippen LogP contribution < -0.4 is 10.9 Å². The van der Waals surface area contributed by atoms with Crippen LogP contribution in [0.3, 0.4) is 0 Å². The SMILES string of the molecule is CC[C@@]1(O)C(=O)OCc2c1cc1n(c2=O)Cc2c-1nc1cc(F)c(C)c3c1c2[C@@H](NC(=O)C1(O)CC(Cl)C1)CC3. The van der Waals surface area contributed by atoms with Gasteiger partial charge in [0.05, 0.1) is 35.1 Å². The van der Waals surface area contributed by atoms with Crippen LogP contribution in [0.25, 0.3) is 22.3 Å². The average Bonchev–Trinajstić information content (AvgIpc) is 3.28. The maximum absolute atomic E-state index is 15.0. The van der Waals surface area contributed by atoms with E-state index in [1.165, 1.54) is 10.6 Å². The quantitative estimate of drug-likeness (QED) is 0.256. The van der Waals surface area contributed by atoms with Gasteiger partial charge in [0, 0.05) is 40.8 Å². The summed E-state index contributed by atoms with van der Waals surface area (Å²) in [6.45, 7) is 3.24. The van der Waals surface area contributed by atoms with Crippen LogP contribution >= 0.6 is 11.6 Å². The van der Waals surface area contributed by atoms with Crippen molar-refractivity contribution in [1.29, 1.82) is 0 Å². The van der Waals surface area contributed by atoms with Gasteiger partial charge >= 0.3 is 5.97 Å². The highest BCUT2D eigenvalue weighted by atomic mass is 35.5. The number of hydrogen-bond acceptors (Lipinski definition) is 7. The van der Waals surface area contributed by atoms with Gasteiger partial charge in [0.15, 0.2) is 5.60 Å². The third kappa shape index (κ3) is 3.27. The number of esters is 1. The van der Waals surface area contributed by atoms with Crippen LogP contribution in [0.5, 0.6) is 0 Å². The predicted molar refractivity (Wildman–Crippen MR) is 142 cm³/mol. The van der Waals surface area contributed by atoms with Gasteiger partial charge in [-0.15, -0.1) is 11.6 Å². The molecule has 1 saturated carbocycles. The second-order valence-corrected chi connectivity index (χ2v) is 12.0. The Kier molecular flexibility index (Phi) is 5.34. The Morgan fingerprint density at radius 1 is 1.25 bits per heavy atom. The molecule has 1 amide bonds. The molecule has 2 aromatic heterocycles. The maximum Gasteiger partial charge on any atom is 0.343 e. The molecule has 3 aromatic rings. The van der Waals surface area contributed by atoms with E-state index in [0.29, 0.717) is 40.9 Å². The van der Waals surface area contributed by atoms with Crippen molar-refractivity contribution in [3.63, 3.8) is 0 Å². The first-order valence-corrected chi connectivity index (χ1v) is 13.9. The van der Waals surface area contributed by atoms with Gasteiger partial charge < -0.3 is 24.8 Å². The van der Waals surface area contributed by atoms with Crippen molar-refractivity contribution in [2.75, 3.05) is 0 Å². The second-order valence-electron chi connectivity index (χ2n) is 11.4.